The Morgan fingerprint density at radius 3 is 1.94 bits per heavy atom. The third-order valence-electron chi connectivity index (χ3n) is 4.89. The summed E-state index contributed by atoms with van der Waals surface area (Å²) in [6.07, 6.45) is -0.259. The molecule has 3 aromatic carbocycles. The van der Waals surface area contributed by atoms with Gasteiger partial charge in [0, 0.05) is 12.5 Å². The van der Waals surface area contributed by atoms with Crippen LogP contribution in [0.4, 0.5) is 8.78 Å². The van der Waals surface area contributed by atoms with E-state index in [4.69, 9.17) is 0 Å². The van der Waals surface area contributed by atoms with Gasteiger partial charge in [-0.05, 0) is 28.8 Å². The van der Waals surface area contributed by atoms with E-state index in [-0.39, 0.29) is 18.4 Å². The number of halogens is 2. The summed E-state index contributed by atoms with van der Waals surface area (Å²) >= 11 is 0. The molecule has 0 fully saturated rings. The highest BCUT2D eigenvalue weighted by Crippen LogP contribution is 2.14. The van der Waals surface area contributed by atoms with Gasteiger partial charge in [-0.3, -0.25) is 9.59 Å². The first-order chi connectivity index (χ1) is 15.8. The van der Waals surface area contributed by atoms with Gasteiger partial charge >= 0.3 is 5.97 Å². The van der Waals surface area contributed by atoms with Crippen molar-refractivity contribution in [3.05, 3.63) is 107 Å². The summed E-state index contributed by atoms with van der Waals surface area (Å²) in [5.74, 6) is -4.22. The number of nitrogens with one attached hydrogen (secondary N) is 2. The summed E-state index contributed by atoms with van der Waals surface area (Å²) in [4.78, 5) is 37.4. The Balaban J connectivity index is 1.78. The Bertz CT molecular complexity index is 1100. The first-order valence-corrected chi connectivity index (χ1v) is 10.2. The summed E-state index contributed by atoms with van der Waals surface area (Å²) in [7, 11) is 0. The summed E-state index contributed by atoms with van der Waals surface area (Å²) in [6, 6.07) is 17.4. The lowest BCUT2D eigenvalue weighted by Gasteiger charge is -2.22. The molecule has 6 nitrogen and oxygen atoms in total. The predicted octanol–water partition coefficient (Wildman–Crippen LogP) is 3.18. The zero-order chi connectivity index (χ0) is 23.8. The van der Waals surface area contributed by atoms with Gasteiger partial charge in [-0.2, -0.15) is 0 Å². The van der Waals surface area contributed by atoms with E-state index in [1.165, 1.54) is 0 Å². The van der Waals surface area contributed by atoms with Crippen molar-refractivity contribution in [3.63, 3.8) is 0 Å². The fraction of sp³-hybridized carbons (Fsp3) is 0.160. The standard InChI is InChI=1S/C25H22F2N2O4/c26-19-11-17(12-20(27)15-19)14-22(30)28-21(13-16-7-3-1-4-8-16)24(31)29-23(25(32)33)18-9-5-2-6-10-18/h1-12,15,21,23H,13-14H2,(H,28,30)(H,29,31)(H,32,33)/t21-,23-/m0/s1. The Hall–Kier alpha value is -4.07. The smallest absolute Gasteiger partial charge is 0.330 e. The van der Waals surface area contributed by atoms with Crippen molar-refractivity contribution in [1.29, 1.82) is 0 Å². The van der Waals surface area contributed by atoms with Crippen LogP contribution in [0.25, 0.3) is 0 Å². The number of carboxylic acid groups (broad SMARTS) is 1. The lowest BCUT2D eigenvalue weighted by molar-refractivity contribution is -0.142. The minimum atomic E-state index is -1.31. The lowest BCUT2D eigenvalue weighted by atomic mass is 10.0. The van der Waals surface area contributed by atoms with Crippen molar-refractivity contribution in [2.75, 3.05) is 0 Å². The predicted molar refractivity (Wildman–Crippen MR) is 117 cm³/mol. The van der Waals surface area contributed by atoms with Crippen LogP contribution in [0.2, 0.25) is 0 Å². The second-order valence-electron chi connectivity index (χ2n) is 7.45. The third-order valence-corrected chi connectivity index (χ3v) is 4.89. The Morgan fingerprint density at radius 1 is 0.788 bits per heavy atom. The van der Waals surface area contributed by atoms with Crippen LogP contribution in [-0.2, 0) is 27.2 Å². The average molecular weight is 452 g/mol. The van der Waals surface area contributed by atoms with Gasteiger partial charge in [0.15, 0.2) is 6.04 Å². The first kappa shape index (κ1) is 23.6. The summed E-state index contributed by atoms with van der Waals surface area (Å²) < 4.78 is 26.9. The molecule has 0 heterocycles. The van der Waals surface area contributed by atoms with E-state index in [1.807, 2.05) is 0 Å². The van der Waals surface area contributed by atoms with Gasteiger partial charge in [-0.1, -0.05) is 60.7 Å². The number of hydrogen-bond donors (Lipinski definition) is 3. The number of amides is 2. The van der Waals surface area contributed by atoms with Crippen molar-refractivity contribution in [1.82, 2.24) is 10.6 Å². The highest BCUT2D eigenvalue weighted by molar-refractivity contribution is 5.91. The highest BCUT2D eigenvalue weighted by Gasteiger charge is 2.28. The van der Waals surface area contributed by atoms with Crippen molar-refractivity contribution < 1.29 is 28.3 Å². The summed E-state index contributed by atoms with van der Waals surface area (Å²) in [5, 5.41) is 14.6. The van der Waals surface area contributed by atoms with Gasteiger partial charge in [0.2, 0.25) is 11.8 Å². The van der Waals surface area contributed by atoms with E-state index in [2.05, 4.69) is 10.6 Å². The molecule has 0 saturated carbocycles. The van der Waals surface area contributed by atoms with Gasteiger partial charge in [0.25, 0.3) is 0 Å². The Morgan fingerprint density at radius 2 is 1.36 bits per heavy atom. The molecule has 0 bridgehead atoms. The zero-order valence-corrected chi connectivity index (χ0v) is 17.5. The van der Waals surface area contributed by atoms with Crippen LogP contribution < -0.4 is 10.6 Å². The van der Waals surface area contributed by atoms with E-state index < -0.39 is 41.5 Å². The number of benzene rings is 3. The molecule has 0 radical (unpaired) electrons. The molecule has 0 spiro atoms. The number of carbonyl (C=O) groups is 3. The number of carboxylic acids is 1. The maximum atomic E-state index is 13.4. The minimum Gasteiger partial charge on any atom is -0.479 e. The van der Waals surface area contributed by atoms with Crippen LogP contribution in [0.3, 0.4) is 0 Å². The molecular weight excluding hydrogens is 430 g/mol. The monoisotopic (exact) mass is 452 g/mol. The maximum Gasteiger partial charge on any atom is 0.330 e. The van der Waals surface area contributed by atoms with Gasteiger partial charge in [0.05, 0.1) is 6.42 Å². The maximum absolute atomic E-state index is 13.4. The number of rotatable bonds is 9. The fourth-order valence-electron chi connectivity index (χ4n) is 3.38. The molecular formula is C25H22F2N2O4. The first-order valence-electron chi connectivity index (χ1n) is 10.2. The summed E-state index contributed by atoms with van der Waals surface area (Å²) in [6.45, 7) is 0. The van der Waals surface area contributed by atoms with Crippen LogP contribution in [-0.4, -0.2) is 28.9 Å². The molecule has 3 aromatic rings. The van der Waals surface area contributed by atoms with E-state index in [0.29, 0.717) is 11.6 Å². The number of aliphatic carboxylic acids is 1. The molecule has 0 saturated heterocycles. The lowest BCUT2D eigenvalue weighted by Crippen LogP contribution is -2.50. The van der Waals surface area contributed by atoms with Gasteiger partial charge in [0.1, 0.15) is 17.7 Å². The second kappa shape index (κ2) is 11.0. The quantitative estimate of drug-likeness (QED) is 0.465. The summed E-state index contributed by atoms with van der Waals surface area (Å²) in [5.41, 5.74) is 1.22. The Labute approximate surface area is 189 Å². The van der Waals surface area contributed by atoms with Gasteiger partial charge in [-0.25, -0.2) is 13.6 Å². The molecule has 2 amide bonds. The molecule has 33 heavy (non-hydrogen) atoms. The van der Waals surface area contributed by atoms with Crippen LogP contribution in [0.5, 0.6) is 0 Å². The molecule has 0 aromatic heterocycles. The SMILES string of the molecule is O=C(Cc1cc(F)cc(F)c1)N[C@@H](Cc1ccccc1)C(=O)N[C@H](C(=O)O)c1ccccc1. The van der Waals surface area contributed by atoms with Crippen LogP contribution in [0, 0.1) is 11.6 Å². The van der Waals surface area contributed by atoms with E-state index in [9.17, 15) is 28.3 Å². The molecule has 2 atom stereocenters. The average Bonchev–Trinajstić information content (AvgIpc) is 2.77. The molecule has 0 unspecified atom stereocenters. The molecule has 0 aliphatic heterocycles. The van der Waals surface area contributed by atoms with E-state index in [0.717, 1.165) is 17.7 Å². The van der Waals surface area contributed by atoms with Crippen molar-refractivity contribution in [2.45, 2.75) is 24.9 Å². The van der Waals surface area contributed by atoms with E-state index >= 15 is 0 Å². The second-order valence-corrected chi connectivity index (χ2v) is 7.45. The molecule has 3 N–H and O–H groups in total. The van der Waals surface area contributed by atoms with Gasteiger partial charge in [-0.15, -0.1) is 0 Å². The van der Waals surface area contributed by atoms with Crippen LogP contribution in [0.15, 0.2) is 78.9 Å². The topological polar surface area (TPSA) is 95.5 Å². The van der Waals surface area contributed by atoms with Crippen LogP contribution in [0.1, 0.15) is 22.7 Å². The third kappa shape index (κ3) is 6.96. The number of hydrogen-bond acceptors (Lipinski definition) is 3. The van der Waals surface area contributed by atoms with E-state index in [1.54, 1.807) is 60.7 Å². The Kier molecular flexibility index (Phi) is 7.86. The number of carbonyl (C=O) groups excluding carboxylic acids is 2. The molecule has 8 heteroatoms. The molecule has 170 valence electrons. The van der Waals surface area contributed by atoms with Crippen molar-refractivity contribution in [3.8, 4) is 0 Å². The highest BCUT2D eigenvalue weighted by atomic mass is 19.1. The fourth-order valence-corrected chi connectivity index (χ4v) is 3.38. The van der Waals surface area contributed by atoms with Crippen molar-refractivity contribution >= 4 is 17.8 Å². The van der Waals surface area contributed by atoms with Gasteiger partial charge < -0.3 is 15.7 Å². The minimum absolute atomic E-state index is 0.0943. The largest absolute Gasteiger partial charge is 0.479 e. The molecule has 0 aliphatic carbocycles. The van der Waals surface area contributed by atoms with Crippen LogP contribution >= 0.6 is 0 Å². The van der Waals surface area contributed by atoms with Crippen molar-refractivity contribution in [2.24, 2.45) is 0 Å². The zero-order valence-electron chi connectivity index (χ0n) is 17.5. The normalized spacial score (nSPS) is 12.4. The molecule has 3 rings (SSSR count). The molecule has 0 aliphatic rings.